The Kier molecular flexibility index (Phi) is 4.43. The van der Waals surface area contributed by atoms with Crippen LogP contribution in [0, 0.1) is 11.3 Å². The highest BCUT2D eigenvalue weighted by Crippen LogP contribution is 2.53. The van der Waals surface area contributed by atoms with Crippen LogP contribution in [0.5, 0.6) is 5.75 Å². The van der Waals surface area contributed by atoms with Crippen molar-refractivity contribution in [2.24, 2.45) is 11.3 Å². The zero-order valence-electron chi connectivity index (χ0n) is 11.2. The van der Waals surface area contributed by atoms with Gasteiger partial charge in [0, 0.05) is 9.30 Å². The summed E-state index contributed by atoms with van der Waals surface area (Å²) in [4.78, 5) is 0.412. The van der Waals surface area contributed by atoms with Crippen LogP contribution < -0.4 is 4.74 Å². The SMILES string of the molecule is COc1ccc(C(Br)C2CCCC2(C)C)c(Br)c1. The first-order chi connectivity index (χ1) is 8.45. The van der Waals surface area contributed by atoms with E-state index >= 15 is 0 Å². The second kappa shape index (κ2) is 5.54. The van der Waals surface area contributed by atoms with E-state index in [9.17, 15) is 0 Å². The number of hydrogen-bond donors (Lipinski definition) is 0. The maximum atomic E-state index is 5.25. The topological polar surface area (TPSA) is 9.23 Å². The second-order valence-corrected chi connectivity index (χ2v) is 7.62. The van der Waals surface area contributed by atoms with Gasteiger partial charge in [-0.2, -0.15) is 0 Å². The quantitative estimate of drug-likeness (QED) is 0.614. The highest BCUT2D eigenvalue weighted by atomic mass is 79.9. The second-order valence-electron chi connectivity index (χ2n) is 5.78. The van der Waals surface area contributed by atoms with Gasteiger partial charge in [-0.25, -0.2) is 0 Å². The minimum Gasteiger partial charge on any atom is -0.497 e. The molecule has 0 aromatic heterocycles. The van der Waals surface area contributed by atoms with Crippen molar-refractivity contribution in [1.82, 2.24) is 0 Å². The molecule has 100 valence electrons. The van der Waals surface area contributed by atoms with Crippen molar-refractivity contribution in [2.45, 2.75) is 37.9 Å². The van der Waals surface area contributed by atoms with E-state index in [0.29, 0.717) is 16.2 Å². The molecule has 1 aromatic carbocycles. The van der Waals surface area contributed by atoms with E-state index < -0.39 is 0 Å². The number of halogens is 2. The Labute approximate surface area is 127 Å². The molecule has 1 nitrogen and oxygen atoms in total. The van der Waals surface area contributed by atoms with Gasteiger partial charge in [0.15, 0.2) is 0 Å². The fourth-order valence-corrected chi connectivity index (χ4v) is 5.26. The van der Waals surface area contributed by atoms with Gasteiger partial charge in [0.25, 0.3) is 0 Å². The number of benzene rings is 1. The van der Waals surface area contributed by atoms with Gasteiger partial charge in [-0.05, 0) is 41.9 Å². The Morgan fingerprint density at radius 2 is 2.11 bits per heavy atom. The Bertz CT molecular complexity index is 429. The minimum absolute atomic E-state index is 0.412. The van der Waals surface area contributed by atoms with E-state index in [1.807, 2.05) is 12.1 Å². The summed E-state index contributed by atoms with van der Waals surface area (Å²) in [6.07, 6.45) is 3.97. The third kappa shape index (κ3) is 2.77. The lowest BCUT2D eigenvalue weighted by molar-refractivity contribution is 0.256. The minimum atomic E-state index is 0.412. The van der Waals surface area contributed by atoms with Gasteiger partial charge < -0.3 is 4.74 Å². The molecule has 2 rings (SSSR count). The number of rotatable bonds is 3. The summed E-state index contributed by atoms with van der Waals surface area (Å²) in [6.45, 7) is 4.77. The molecule has 0 spiro atoms. The maximum Gasteiger partial charge on any atom is 0.120 e. The molecule has 3 heteroatoms. The first-order valence-electron chi connectivity index (χ1n) is 6.43. The Morgan fingerprint density at radius 1 is 1.39 bits per heavy atom. The summed E-state index contributed by atoms with van der Waals surface area (Å²) in [5, 5.41) is 0. The molecule has 0 saturated heterocycles. The van der Waals surface area contributed by atoms with Crippen LogP contribution >= 0.6 is 31.9 Å². The molecular weight excluding hydrogens is 356 g/mol. The van der Waals surface area contributed by atoms with E-state index in [1.165, 1.54) is 24.8 Å². The third-order valence-electron chi connectivity index (χ3n) is 4.20. The highest BCUT2D eigenvalue weighted by molar-refractivity contribution is 9.11. The van der Waals surface area contributed by atoms with Gasteiger partial charge >= 0.3 is 0 Å². The fraction of sp³-hybridized carbons (Fsp3) is 0.600. The highest BCUT2D eigenvalue weighted by Gasteiger charge is 2.39. The van der Waals surface area contributed by atoms with Crippen LogP contribution in [0.1, 0.15) is 43.5 Å². The van der Waals surface area contributed by atoms with Crippen molar-refractivity contribution in [1.29, 1.82) is 0 Å². The lowest BCUT2D eigenvalue weighted by Gasteiger charge is -2.31. The molecule has 1 aliphatic carbocycles. The summed E-state index contributed by atoms with van der Waals surface area (Å²) in [5.41, 5.74) is 1.75. The summed E-state index contributed by atoms with van der Waals surface area (Å²) < 4.78 is 6.38. The first-order valence-corrected chi connectivity index (χ1v) is 8.14. The summed E-state index contributed by atoms with van der Waals surface area (Å²) >= 11 is 7.58. The van der Waals surface area contributed by atoms with Crippen LogP contribution in [-0.2, 0) is 0 Å². The Balaban J connectivity index is 2.26. The maximum absolute atomic E-state index is 5.25. The van der Waals surface area contributed by atoms with Crippen molar-refractivity contribution in [3.8, 4) is 5.75 Å². The largest absolute Gasteiger partial charge is 0.497 e. The van der Waals surface area contributed by atoms with Crippen molar-refractivity contribution < 1.29 is 4.74 Å². The van der Waals surface area contributed by atoms with Crippen molar-refractivity contribution in [2.75, 3.05) is 7.11 Å². The Morgan fingerprint density at radius 3 is 2.61 bits per heavy atom. The van der Waals surface area contributed by atoms with Crippen LogP contribution in [0.3, 0.4) is 0 Å². The smallest absolute Gasteiger partial charge is 0.120 e. The third-order valence-corrected chi connectivity index (χ3v) is 6.02. The normalized spacial score (nSPS) is 23.9. The predicted molar refractivity (Wildman–Crippen MR) is 83.5 cm³/mol. The predicted octanol–water partition coefficient (Wildman–Crippen LogP) is 5.72. The molecule has 0 aliphatic heterocycles. The van der Waals surface area contributed by atoms with Gasteiger partial charge in [-0.15, -0.1) is 0 Å². The molecule has 2 unspecified atom stereocenters. The van der Waals surface area contributed by atoms with Crippen molar-refractivity contribution in [3.63, 3.8) is 0 Å². The molecular formula is C15H20Br2O. The zero-order chi connectivity index (χ0) is 13.3. The van der Waals surface area contributed by atoms with Crippen LogP contribution in [0.25, 0.3) is 0 Å². The van der Waals surface area contributed by atoms with E-state index in [4.69, 9.17) is 4.74 Å². The van der Waals surface area contributed by atoms with Crippen molar-refractivity contribution >= 4 is 31.9 Å². The first kappa shape index (κ1) is 14.4. The number of hydrogen-bond acceptors (Lipinski definition) is 1. The number of alkyl halides is 1. The van der Waals surface area contributed by atoms with Crippen LogP contribution in [-0.4, -0.2) is 7.11 Å². The summed E-state index contributed by atoms with van der Waals surface area (Å²) in [5.74, 6) is 1.60. The van der Waals surface area contributed by atoms with E-state index in [0.717, 1.165) is 10.2 Å². The molecule has 1 fully saturated rings. The average molecular weight is 376 g/mol. The van der Waals surface area contributed by atoms with E-state index in [-0.39, 0.29) is 0 Å². The van der Waals surface area contributed by atoms with Crippen LogP contribution in [0.4, 0.5) is 0 Å². The summed E-state index contributed by atoms with van der Waals surface area (Å²) in [7, 11) is 1.70. The molecule has 0 amide bonds. The molecule has 1 saturated carbocycles. The molecule has 2 atom stereocenters. The lowest BCUT2D eigenvalue weighted by Crippen LogP contribution is -2.21. The average Bonchev–Trinajstić information content (AvgIpc) is 2.68. The standard InChI is InChI=1S/C15H20Br2O/c1-15(2)8-4-5-12(15)14(17)11-7-6-10(18-3)9-13(11)16/h6-7,9,12,14H,4-5,8H2,1-3H3. The van der Waals surface area contributed by atoms with Crippen molar-refractivity contribution in [3.05, 3.63) is 28.2 Å². The van der Waals surface area contributed by atoms with Crippen LogP contribution in [0.15, 0.2) is 22.7 Å². The van der Waals surface area contributed by atoms with Gasteiger partial charge in [-0.3, -0.25) is 0 Å². The van der Waals surface area contributed by atoms with E-state index in [2.05, 4.69) is 51.8 Å². The number of methoxy groups -OCH3 is 1. The van der Waals surface area contributed by atoms with Gasteiger partial charge in [0.05, 0.1) is 7.11 Å². The molecule has 0 radical (unpaired) electrons. The zero-order valence-corrected chi connectivity index (χ0v) is 14.3. The molecule has 0 heterocycles. The molecule has 1 aromatic rings. The molecule has 18 heavy (non-hydrogen) atoms. The van der Waals surface area contributed by atoms with Gasteiger partial charge in [0.1, 0.15) is 5.75 Å². The lowest BCUT2D eigenvalue weighted by atomic mass is 9.78. The molecule has 1 aliphatic rings. The fourth-order valence-electron chi connectivity index (χ4n) is 2.97. The molecule has 0 bridgehead atoms. The van der Waals surface area contributed by atoms with Gasteiger partial charge in [-0.1, -0.05) is 58.2 Å². The Hall–Kier alpha value is -0.0200. The summed E-state index contributed by atoms with van der Waals surface area (Å²) in [6, 6.07) is 6.25. The van der Waals surface area contributed by atoms with Gasteiger partial charge in [0.2, 0.25) is 0 Å². The van der Waals surface area contributed by atoms with Crippen LogP contribution in [0.2, 0.25) is 0 Å². The number of ether oxygens (including phenoxy) is 1. The molecule has 0 N–H and O–H groups in total. The van der Waals surface area contributed by atoms with E-state index in [1.54, 1.807) is 7.11 Å². The monoisotopic (exact) mass is 374 g/mol.